The van der Waals surface area contributed by atoms with Gasteiger partial charge in [-0.1, -0.05) is 12.1 Å². The number of rotatable bonds is 1. The minimum atomic E-state index is -0.867. The summed E-state index contributed by atoms with van der Waals surface area (Å²) in [6.07, 6.45) is -0.0659. The fourth-order valence-electron chi connectivity index (χ4n) is 3.16. The first-order valence-electron chi connectivity index (χ1n) is 6.30. The Bertz CT molecular complexity index is 554. The molecule has 1 aromatic carbocycles. The van der Waals surface area contributed by atoms with Crippen LogP contribution in [0.15, 0.2) is 18.2 Å². The third-order valence-electron chi connectivity index (χ3n) is 4.00. The largest absolute Gasteiger partial charge is 0.469 e. The molecule has 0 saturated heterocycles. The van der Waals surface area contributed by atoms with E-state index >= 15 is 0 Å². The Morgan fingerprint density at radius 1 is 1.47 bits per heavy atom. The lowest BCUT2D eigenvalue weighted by atomic mass is 9.72. The molecule has 0 radical (unpaired) electrons. The lowest BCUT2D eigenvalue weighted by molar-refractivity contribution is -0.151. The minimum absolute atomic E-state index is 0.0209. The van der Waals surface area contributed by atoms with Crippen molar-refractivity contribution in [3.8, 4) is 0 Å². The Morgan fingerprint density at radius 3 is 3.00 bits per heavy atom. The van der Waals surface area contributed by atoms with Crippen LogP contribution in [0.4, 0.5) is 5.69 Å². The van der Waals surface area contributed by atoms with Crippen LogP contribution in [0.25, 0.3) is 0 Å². The van der Waals surface area contributed by atoms with Crippen molar-refractivity contribution in [3.05, 3.63) is 29.3 Å². The van der Waals surface area contributed by atoms with Crippen molar-refractivity contribution >= 4 is 17.6 Å². The van der Waals surface area contributed by atoms with Crippen molar-refractivity contribution < 1.29 is 19.4 Å². The highest BCUT2D eigenvalue weighted by molar-refractivity contribution is 5.95. The second-order valence-electron chi connectivity index (χ2n) is 5.07. The normalized spacial score (nSPS) is 28.3. The van der Waals surface area contributed by atoms with Crippen molar-refractivity contribution in [1.29, 1.82) is 0 Å². The fourth-order valence-corrected chi connectivity index (χ4v) is 3.16. The summed E-state index contributed by atoms with van der Waals surface area (Å²) in [5.74, 6) is -1.08. The van der Waals surface area contributed by atoms with Gasteiger partial charge in [-0.2, -0.15) is 0 Å². The average molecular weight is 261 g/mol. The van der Waals surface area contributed by atoms with E-state index in [1.165, 1.54) is 7.11 Å². The number of anilines is 1. The topological polar surface area (TPSA) is 75.6 Å². The Hall–Kier alpha value is -1.88. The molecule has 1 amide bonds. The number of carbonyl (C=O) groups excluding carboxylic acids is 2. The van der Waals surface area contributed by atoms with Crippen LogP contribution in [0.1, 0.15) is 36.0 Å². The molecular formula is C14H15NO4. The summed E-state index contributed by atoms with van der Waals surface area (Å²) in [4.78, 5) is 23.4. The number of aliphatic hydroxyl groups is 1. The molecule has 3 atom stereocenters. The van der Waals surface area contributed by atoms with E-state index in [2.05, 4.69) is 5.32 Å². The first-order valence-corrected chi connectivity index (χ1v) is 6.30. The predicted molar refractivity (Wildman–Crippen MR) is 67.5 cm³/mol. The SMILES string of the molecule is COC(=O)[C@H]1C[C@@H]2CC(=O)Nc3cccc(c32)[C@@H]1O. The number of esters is 1. The maximum atomic E-state index is 11.8. The highest BCUT2D eigenvalue weighted by Crippen LogP contribution is 2.48. The fraction of sp³-hybridized carbons (Fsp3) is 0.429. The number of benzene rings is 1. The summed E-state index contributed by atoms with van der Waals surface area (Å²) in [6.45, 7) is 0. The van der Waals surface area contributed by atoms with Gasteiger partial charge in [-0.3, -0.25) is 9.59 Å². The summed E-state index contributed by atoms with van der Waals surface area (Å²) in [6, 6.07) is 5.41. The van der Waals surface area contributed by atoms with Gasteiger partial charge in [-0.25, -0.2) is 0 Å². The summed E-state index contributed by atoms with van der Waals surface area (Å²) >= 11 is 0. The molecule has 1 aliphatic carbocycles. The summed E-state index contributed by atoms with van der Waals surface area (Å²) in [7, 11) is 1.31. The Morgan fingerprint density at radius 2 is 2.26 bits per heavy atom. The highest BCUT2D eigenvalue weighted by Gasteiger charge is 2.42. The van der Waals surface area contributed by atoms with Gasteiger partial charge in [0.2, 0.25) is 5.91 Å². The van der Waals surface area contributed by atoms with E-state index in [1.807, 2.05) is 12.1 Å². The minimum Gasteiger partial charge on any atom is -0.469 e. The summed E-state index contributed by atoms with van der Waals surface area (Å²) in [5, 5.41) is 13.1. The van der Waals surface area contributed by atoms with E-state index in [4.69, 9.17) is 4.74 Å². The van der Waals surface area contributed by atoms with Crippen molar-refractivity contribution in [2.75, 3.05) is 12.4 Å². The predicted octanol–water partition coefficient (Wildman–Crippen LogP) is 1.34. The summed E-state index contributed by atoms with van der Waals surface area (Å²) < 4.78 is 4.74. The number of hydrogen-bond acceptors (Lipinski definition) is 4. The molecule has 19 heavy (non-hydrogen) atoms. The zero-order valence-corrected chi connectivity index (χ0v) is 10.6. The van der Waals surface area contributed by atoms with Gasteiger partial charge in [0.25, 0.3) is 0 Å². The number of ether oxygens (including phenoxy) is 1. The molecule has 0 spiro atoms. The van der Waals surface area contributed by atoms with E-state index < -0.39 is 18.0 Å². The molecule has 5 nitrogen and oxygen atoms in total. The second kappa shape index (κ2) is 4.35. The molecular weight excluding hydrogens is 246 g/mol. The van der Waals surface area contributed by atoms with E-state index in [9.17, 15) is 14.7 Å². The molecule has 0 aromatic heterocycles. The molecule has 2 N–H and O–H groups in total. The number of amides is 1. The molecule has 1 heterocycles. The van der Waals surface area contributed by atoms with Gasteiger partial charge in [0.1, 0.15) is 0 Å². The molecule has 0 bridgehead atoms. The third kappa shape index (κ3) is 1.81. The number of hydrogen-bond donors (Lipinski definition) is 2. The van der Waals surface area contributed by atoms with Crippen molar-refractivity contribution in [1.82, 2.24) is 0 Å². The maximum Gasteiger partial charge on any atom is 0.311 e. The molecule has 100 valence electrons. The molecule has 1 aromatic rings. The van der Waals surface area contributed by atoms with Gasteiger partial charge in [-0.15, -0.1) is 0 Å². The van der Waals surface area contributed by atoms with Crippen LogP contribution in [-0.2, 0) is 14.3 Å². The smallest absolute Gasteiger partial charge is 0.311 e. The summed E-state index contributed by atoms with van der Waals surface area (Å²) in [5.41, 5.74) is 2.44. The standard InChI is InChI=1S/C14H15NO4/c1-19-14(18)9-5-7-6-11(16)15-10-4-2-3-8(12(7)10)13(9)17/h2-4,7,9,13,17H,5-6H2,1H3,(H,15,16)/t7-,9+,13+/m1/s1. The maximum absolute atomic E-state index is 11.8. The Labute approximate surface area is 110 Å². The van der Waals surface area contributed by atoms with Crippen molar-refractivity contribution in [2.24, 2.45) is 5.92 Å². The van der Waals surface area contributed by atoms with Gasteiger partial charge in [0.05, 0.1) is 19.1 Å². The lowest BCUT2D eigenvalue weighted by Gasteiger charge is -2.37. The third-order valence-corrected chi connectivity index (χ3v) is 4.00. The number of nitrogens with one attached hydrogen (secondary N) is 1. The van der Waals surface area contributed by atoms with Gasteiger partial charge in [-0.05, 0) is 29.5 Å². The zero-order chi connectivity index (χ0) is 13.6. The van der Waals surface area contributed by atoms with Gasteiger partial charge < -0.3 is 15.2 Å². The average Bonchev–Trinajstić information content (AvgIpc) is 2.41. The molecule has 0 saturated carbocycles. The monoisotopic (exact) mass is 261 g/mol. The second-order valence-corrected chi connectivity index (χ2v) is 5.07. The quantitative estimate of drug-likeness (QED) is 0.748. The van der Waals surface area contributed by atoms with Crippen LogP contribution in [0.5, 0.6) is 0 Å². The van der Waals surface area contributed by atoms with Crippen molar-refractivity contribution in [3.63, 3.8) is 0 Å². The first kappa shape index (κ1) is 12.2. The zero-order valence-electron chi connectivity index (χ0n) is 10.6. The molecule has 0 unspecified atom stereocenters. The van der Waals surface area contributed by atoms with Crippen LogP contribution >= 0.6 is 0 Å². The molecule has 2 aliphatic rings. The van der Waals surface area contributed by atoms with E-state index in [0.29, 0.717) is 12.8 Å². The van der Waals surface area contributed by atoms with Crippen LogP contribution in [0.2, 0.25) is 0 Å². The Kier molecular flexibility index (Phi) is 2.78. The van der Waals surface area contributed by atoms with Crippen LogP contribution in [0, 0.1) is 5.92 Å². The number of aliphatic hydroxyl groups excluding tert-OH is 1. The van der Waals surface area contributed by atoms with E-state index in [0.717, 1.165) is 16.8 Å². The van der Waals surface area contributed by atoms with E-state index in [1.54, 1.807) is 6.07 Å². The van der Waals surface area contributed by atoms with Crippen LogP contribution < -0.4 is 5.32 Å². The lowest BCUT2D eigenvalue weighted by Crippen LogP contribution is -2.35. The Balaban J connectivity index is 2.09. The van der Waals surface area contributed by atoms with Crippen molar-refractivity contribution in [2.45, 2.75) is 24.9 Å². The van der Waals surface area contributed by atoms with Gasteiger partial charge in [0.15, 0.2) is 0 Å². The molecule has 1 aliphatic heterocycles. The molecule has 3 rings (SSSR count). The molecule has 5 heteroatoms. The number of carbonyl (C=O) groups is 2. The number of methoxy groups -OCH3 is 1. The van der Waals surface area contributed by atoms with Gasteiger partial charge in [0, 0.05) is 12.1 Å². The first-order chi connectivity index (χ1) is 9.11. The van der Waals surface area contributed by atoms with Crippen LogP contribution in [0.3, 0.4) is 0 Å². The molecule has 0 fully saturated rings. The van der Waals surface area contributed by atoms with Crippen LogP contribution in [-0.4, -0.2) is 24.1 Å². The highest BCUT2D eigenvalue weighted by atomic mass is 16.5. The van der Waals surface area contributed by atoms with Gasteiger partial charge >= 0.3 is 5.97 Å². The van der Waals surface area contributed by atoms with E-state index in [-0.39, 0.29) is 11.8 Å².